The minimum absolute atomic E-state index is 0.196. The molecule has 2 N–H and O–H groups in total. The van der Waals surface area contributed by atoms with Gasteiger partial charge in [-0.1, -0.05) is 91.0 Å². The van der Waals surface area contributed by atoms with Gasteiger partial charge in [0.05, 0.1) is 0 Å². The summed E-state index contributed by atoms with van der Waals surface area (Å²) in [5, 5.41) is 0. The first kappa shape index (κ1) is 14.6. The summed E-state index contributed by atoms with van der Waals surface area (Å²) in [5.41, 5.74) is 9.70. The Labute approximate surface area is 132 Å². The number of benzene rings is 3. The van der Waals surface area contributed by atoms with Gasteiger partial charge in [-0.2, -0.15) is 0 Å². The predicted octanol–water partition coefficient (Wildman–Crippen LogP) is 4.37. The smallest absolute Gasteiger partial charge is 0.0463 e. The highest BCUT2D eigenvalue weighted by atomic mass is 14.5. The molecule has 0 amide bonds. The molecular weight excluding hydrogens is 266 g/mol. The quantitative estimate of drug-likeness (QED) is 0.693. The molecule has 0 spiro atoms. The lowest BCUT2D eigenvalue weighted by Gasteiger charge is -2.36. The average Bonchev–Trinajstić information content (AvgIpc) is 2.62. The first-order valence-corrected chi connectivity index (χ1v) is 7.74. The zero-order valence-corrected chi connectivity index (χ0v) is 12.7. The molecule has 3 aromatic rings. The molecule has 0 bridgehead atoms. The van der Waals surface area contributed by atoms with Crippen LogP contribution in [0.1, 0.15) is 23.1 Å². The topological polar surface area (TPSA) is 26.0 Å². The van der Waals surface area contributed by atoms with Crippen molar-refractivity contribution in [1.82, 2.24) is 0 Å². The highest BCUT2D eigenvalue weighted by molar-refractivity contribution is 5.50. The van der Waals surface area contributed by atoms with E-state index in [1.807, 2.05) is 0 Å². The molecule has 0 atom stereocenters. The molecular formula is C21H21N. The van der Waals surface area contributed by atoms with Crippen molar-refractivity contribution in [1.29, 1.82) is 0 Å². The van der Waals surface area contributed by atoms with Crippen molar-refractivity contribution in [3.8, 4) is 0 Å². The van der Waals surface area contributed by atoms with Crippen LogP contribution in [0.5, 0.6) is 0 Å². The summed E-state index contributed by atoms with van der Waals surface area (Å²) in [6, 6.07) is 32.0. The third kappa shape index (κ3) is 2.56. The van der Waals surface area contributed by atoms with Crippen LogP contribution in [0, 0.1) is 0 Å². The summed E-state index contributed by atoms with van der Waals surface area (Å²) in [6.07, 6.45) is 0.880. The summed E-state index contributed by atoms with van der Waals surface area (Å²) in [6.45, 7) is 0.638. The van der Waals surface area contributed by atoms with Crippen molar-refractivity contribution in [3.05, 3.63) is 108 Å². The number of hydrogen-bond acceptors (Lipinski definition) is 1. The van der Waals surface area contributed by atoms with E-state index in [-0.39, 0.29) is 5.41 Å². The number of nitrogens with two attached hydrogens (primary N) is 1. The lowest BCUT2D eigenvalue weighted by molar-refractivity contribution is 0.568. The van der Waals surface area contributed by atoms with Gasteiger partial charge in [0, 0.05) is 5.41 Å². The largest absolute Gasteiger partial charge is 0.330 e. The first-order valence-electron chi connectivity index (χ1n) is 7.74. The van der Waals surface area contributed by atoms with Crippen molar-refractivity contribution < 1.29 is 0 Å². The van der Waals surface area contributed by atoms with E-state index in [1.165, 1.54) is 16.7 Å². The van der Waals surface area contributed by atoms with Crippen LogP contribution < -0.4 is 5.73 Å². The first-order chi connectivity index (χ1) is 10.9. The Morgan fingerprint density at radius 1 is 0.545 bits per heavy atom. The van der Waals surface area contributed by atoms with Gasteiger partial charge >= 0.3 is 0 Å². The van der Waals surface area contributed by atoms with Crippen LogP contribution in [0.2, 0.25) is 0 Å². The molecule has 3 aromatic carbocycles. The van der Waals surface area contributed by atoms with E-state index >= 15 is 0 Å². The monoisotopic (exact) mass is 287 g/mol. The van der Waals surface area contributed by atoms with Gasteiger partial charge in [-0.25, -0.2) is 0 Å². The summed E-state index contributed by atoms with van der Waals surface area (Å²) in [4.78, 5) is 0. The van der Waals surface area contributed by atoms with E-state index in [4.69, 9.17) is 5.73 Å². The van der Waals surface area contributed by atoms with Crippen molar-refractivity contribution >= 4 is 0 Å². The third-order valence-electron chi connectivity index (χ3n) is 4.32. The van der Waals surface area contributed by atoms with Crippen molar-refractivity contribution in [2.45, 2.75) is 11.8 Å². The normalized spacial score (nSPS) is 11.3. The second kappa shape index (κ2) is 6.59. The molecule has 1 nitrogen and oxygen atoms in total. The van der Waals surface area contributed by atoms with Gasteiger partial charge in [0.2, 0.25) is 0 Å². The van der Waals surface area contributed by atoms with Crippen molar-refractivity contribution in [2.75, 3.05) is 6.54 Å². The van der Waals surface area contributed by atoms with Gasteiger partial charge in [0.25, 0.3) is 0 Å². The molecule has 22 heavy (non-hydrogen) atoms. The van der Waals surface area contributed by atoms with Crippen LogP contribution in [0.4, 0.5) is 0 Å². The molecule has 1 heteroatoms. The van der Waals surface area contributed by atoms with Crippen molar-refractivity contribution in [2.24, 2.45) is 5.73 Å². The highest BCUT2D eigenvalue weighted by Gasteiger charge is 2.35. The van der Waals surface area contributed by atoms with Crippen LogP contribution in [0.15, 0.2) is 91.0 Å². The van der Waals surface area contributed by atoms with E-state index in [9.17, 15) is 0 Å². The lowest BCUT2D eigenvalue weighted by Crippen LogP contribution is -2.32. The fraction of sp³-hybridized carbons (Fsp3) is 0.143. The zero-order chi connectivity index (χ0) is 15.3. The highest BCUT2D eigenvalue weighted by Crippen LogP contribution is 2.41. The molecule has 0 fully saturated rings. The standard InChI is InChI=1S/C21H21N/c22-17-16-21(18-10-4-1-5-11-18,19-12-6-2-7-13-19)20-14-8-3-9-15-20/h1-15H,16-17,22H2. The minimum Gasteiger partial charge on any atom is -0.330 e. The Bertz CT molecular complexity index is 593. The number of rotatable bonds is 5. The molecule has 0 heterocycles. The van der Waals surface area contributed by atoms with Gasteiger partial charge in [-0.3, -0.25) is 0 Å². The van der Waals surface area contributed by atoms with E-state index in [2.05, 4.69) is 91.0 Å². The molecule has 0 saturated heterocycles. The second-order valence-corrected chi connectivity index (χ2v) is 5.54. The molecule has 3 rings (SSSR count). The Hall–Kier alpha value is -2.38. The molecule has 0 aliphatic heterocycles. The predicted molar refractivity (Wildman–Crippen MR) is 92.9 cm³/mol. The van der Waals surface area contributed by atoms with E-state index < -0.39 is 0 Å². The SMILES string of the molecule is NCCC(c1ccccc1)(c1ccccc1)c1ccccc1. The number of hydrogen-bond donors (Lipinski definition) is 1. The van der Waals surface area contributed by atoms with Crippen LogP contribution in [0.25, 0.3) is 0 Å². The Morgan fingerprint density at radius 2 is 0.864 bits per heavy atom. The Morgan fingerprint density at radius 3 is 1.14 bits per heavy atom. The average molecular weight is 287 g/mol. The fourth-order valence-corrected chi connectivity index (χ4v) is 3.32. The molecule has 0 aliphatic rings. The maximum atomic E-state index is 6.03. The van der Waals surface area contributed by atoms with Gasteiger partial charge in [-0.05, 0) is 29.7 Å². The van der Waals surface area contributed by atoms with Crippen LogP contribution in [0.3, 0.4) is 0 Å². The van der Waals surface area contributed by atoms with Crippen LogP contribution in [-0.2, 0) is 5.41 Å². The van der Waals surface area contributed by atoms with E-state index in [0.717, 1.165) is 6.42 Å². The summed E-state index contributed by atoms with van der Waals surface area (Å²) < 4.78 is 0. The molecule has 0 unspecified atom stereocenters. The van der Waals surface area contributed by atoms with Crippen molar-refractivity contribution in [3.63, 3.8) is 0 Å². The minimum atomic E-state index is -0.196. The summed E-state index contributed by atoms with van der Waals surface area (Å²) >= 11 is 0. The van der Waals surface area contributed by atoms with Crippen LogP contribution in [-0.4, -0.2) is 6.54 Å². The Kier molecular flexibility index (Phi) is 4.36. The molecule has 0 radical (unpaired) electrons. The van der Waals surface area contributed by atoms with Crippen LogP contribution >= 0.6 is 0 Å². The van der Waals surface area contributed by atoms with E-state index in [1.54, 1.807) is 0 Å². The van der Waals surface area contributed by atoms with Gasteiger partial charge < -0.3 is 5.73 Å². The molecule has 0 aliphatic carbocycles. The lowest BCUT2D eigenvalue weighted by atomic mass is 9.67. The summed E-state index contributed by atoms with van der Waals surface area (Å²) in [7, 11) is 0. The van der Waals surface area contributed by atoms with Gasteiger partial charge in [0.1, 0.15) is 0 Å². The van der Waals surface area contributed by atoms with Gasteiger partial charge in [0.15, 0.2) is 0 Å². The maximum absolute atomic E-state index is 6.03. The zero-order valence-electron chi connectivity index (χ0n) is 12.7. The second-order valence-electron chi connectivity index (χ2n) is 5.54. The molecule has 0 saturated carbocycles. The molecule has 110 valence electrons. The van der Waals surface area contributed by atoms with E-state index in [0.29, 0.717) is 6.54 Å². The fourth-order valence-electron chi connectivity index (χ4n) is 3.32. The third-order valence-corrected chi connectivity index (χ3v) is 4.32. The maximum Gasteiger partial charge on any atom is 0.0463 e. The summed E-state index contributed by atoms with van der Waals surface area (Å²) in [5.74, 6) is 0. The van der Waals surface area contributed by atoms with Gasteiger partial charge in [-0.15, -0.1) is 0 Å². The molecule has 0 aromatic heterocycles. The Balaban J connectivity index is 2.29.